The summed E-state index contributed by atoms with van der Waals surface area (Å²) in [5.41, 5.74) is 3.23. The fraction of sp³-hybridized carbons (Fsp3) is 0.296. The second-order valence-corrected chi connectivity index (χ2v) is 11.3. The van der Waals surface area contributed by atoms with Crippen LogP contribution in [0.2, 0.25) is 0 Å². The molecule has 1 N–H and O–H groups in total. The molecule has 0 spiro atoms. The second-order valence-electron chi connectivity index (χ2n) is 9.46. The van der Waals surface area contributed by atoms with Gasteiger partial charge in [0.25, 0.3) is 10.0 Å². The van der Waals surface area contributed by atoms with Crippen molar-refractivity contribution in [3.8, 4) is 0 Å². The summed E-state index contributed by atoms with van der Waals surface area (Å²) in [6, 6.07) is 19.1. The first-order valence-corrected chi connectivity index (χ1v) is 12.6. The van der Waals surface area contributed by atoms with Crippen LogP contribution >= 0.6 is 0 Å². The van der Waals surface area contributed by atoms with Crippen LogP contribution in [0.25, 0.3) is 0 Å². The van der Waals surface area contributed by atoms with Crippen molar-refractivity contribution in [2.24, 2.45) is 0 Å². The Labute approximate surface area is 201 Å². The van der Waals surface area contributed by atoms with E-state index in [1.54, 1.807) is 12.1 Å². The molecule has 34 heavy (non-hydrogen) atoms. The zero-order valence-electron chi connectivity index (χ0n) is 20.2. The lowest BCUT2D eigenvalue weighted by Gasteiger charge is -2.25. The lowest BCUT2D eigenvalue weighted by atomic mass is 9.86. The number of amides is 1. The summed E-state index contributed by atoms with van der Waals surface area (Å²) in [6.07, 6.45) is 0. The number of halogens is 1. The van der Waals surface area contributed by atoms with Gasteiger partial charge in [0, 0.05) is 0 Å². The fourth-order valence-electron chi connectivity index (χ4n) is 3.53. The molecule has 1 atom stereocenters. The van der Waals surface area contributed by atoms with Crippen molar-refractivity contribution >= 4 is 21.6 Å². The Morgan fingerprint density at radius 2 is 1.50 bits per heavy atom. The van der Waals surface area contributed by atoms with Gasteiger partial charge in [-0.15, -0.1) is 0 Å². The van der Waals surface area contributed by atoms with Crippen molar-refractivity contribution in [3.05, 3.63) is 95.3 Å². The largest absolute Gasteiger partial charge is 0.348 e. The van der Waals surface area contributed by atoms with Crippen LogP contribution in [-0.4, -0.2) is 20.9 Å². The van der Waals surface area contributed by atoms with Crippen LogP contribution in [0.4, 0.5) is 10.1 Å². The van der Waals surface area contributed by atoms with Crippen LogP contribution in [0.3, 0.4) is 0 Å². The topological polar surface area (TPSA) is 66.5 Å². The van der Waals surface area contributed by atoms with E-state index in [1.807, 2.05) is 38.1 Å². The number of hydrogen-bond donors (Lipinski definition) is 1. The number of rotatable bonds is 7. The minimum atomic E-state index is -4.05. The molecule has 0 saturated carbocycles. The Balaban J connectivity index is 1.84. The van der Waals surface area contributed by atoms with Gasteiger partial charge in [-0.05, 0) is 66.8 Å². The summed E-state index contributed by atoms with van der Waals surface area (Å²) < 4.78 is 41.3. The zero-order valence-corrected chi connectivity index (χ0v) is 21.0. The van der Waals surface area contributed by atoms with E-state index in [4.69, 9.17) is 0 Å². The Kier molecular flexibility index (Phi) is 7.46. The molecule has 0 bridgehead atoms. The molecule has 0 radical (unpaired) electrons. The van der Waals surface area contributed by atoms with E-state index >= 15 is 0 Å². The summed E-state index contributed by atoms with van der Waals surface area (Å²) >= 11 is 0. The third-order valence-corrected chi connectivity index (χ3v) is 7.45. The summed E-state index contributed by atoms with van der Waals surface area (Å²) in [4.78, 5) is 13.0. The summed E-state index contributed by atoms with van der Waals surface area (Å²) in [6.45, 7) is 9.66. The summed E-state index contributed by atoms with van der Waals surface area (Å²) in [5.74, 6) is -0.958. The van der Waals surface area contributed by atoms with E-state index in [0.29, 0.717) is 0 Å². The molecule has 180 valence electrons. The standard InChI is InChI=1S/C27H31FN2O3S/c1-19-6-16-25(17-7-19)34(32,33)30(24-14-12-23(28)13-15-24)18-26(31)29-20(2)21-8-10-22(11-9-21)27(3,4)5/h6-17,20H,18H2,1-5H3,(H,29,31). The number of anilines is 1. The number of carbonyl (C=O) groups excluding carboxylic acids is 1. The lowest BCUT2D eigenvalue weighted by molar-refractivity contribution is -0.120. The number of nitrogens with one attached hydrogen (secondary N) is 1. The maximum absolute atomic E-state index is 13.5. The van der Waals surface area contributed by atoms with E-state index in [9.17, 15) is 17.6 Å². The first-order valence-electron chi connectivity index (χ1n) is 11.1. The predicted molar refractivity (Wildman–Crippen MR) is 134 cm³/mol. The van der Waals surface area contributed by atoms with Crippen molar-refractivity contribution in [1.29, 1.82) is 0 Å². The van der Waals surface area contributed by atoms with Crippen LogP contribution in [-0.2, 0) is 20.2 Å². The van der Waals surface area contributed by atoms with Gasteiger partial charge in [-0.1, -0.05) is 62.7 Å². The van der Waals surface area contributed by atoms with Gasteiger partial charge in [-0.3, -0.25) is 9.10 Å². The minimum absolute atomic E-state index is 0.0189. The Morgan fingerprint density at radius 3 is 2.03 bits per heavy atom. The van der Waals surface area contributed by atoms with Crippen LogP contribution in [0, 0.1) is 12.7 Å². The molecule has 0 aliphatic heterocycles. The zero-order chi connectivity index (χ0) is 25.1. The molecule has 0 saturated heterocycles. The molecule has 1 unspecified atom stereocenters. The SMILES string of the molecule is Cc1ccc(S(=O)(=O)N(CC(=O)NC(C)c2ccc(C(C)(C)C)cc2)c2ccc(F)cc2)cc1. The van der Waals surface area contributed by atoms with Crippen molar-refractivity contribution in [3.63, 3.8) is 0 Å². The van der Waals surface area contributed by atoms with Gasteiger partial charge < -0.3 is 5.32 Å². The first-order chi connectivity index (χ1) is 15.9. The van der Waals surface area contributed by atoms with Crippen LogP contribution in [0.5, 0.6) is 0 Å². The normalized spacial score (nSPS) is 12.8. The molecule has 3 aromatic rings. The molecule has 0 heterocycles. The van der Waals surface area contributed by atoms with E-state index in [1.165, 1.54) is 42.0 Å². The molecule has 3 rings (SSSR count). The Bertz CT molecular complexity index is 1230. The highest BCUT2D eigenvalue weighted by Gasteiger charge is 2.28. The number of carbonyl (C=O) groups is 1. The highest BCUT2D eigenvalue weighted by atomic mass is 32.2. The predicted octanol–water partition coefficient (Wildman–Crippen LogP) is 5.50. The molecule has 0 aromatic heterocycles. The average Bonchev–Trinajstić information content (AvgIpc) is 2.78. The van der Waals surface area contributed by atoms with E-state index in [2.05, 4.69) is 26.1 Å². The number of aryl methyl sites for hydroxylation is 1. The molecular weight excluding hydrogens is 451 g/mol. The van der Waals surface area contributed by atoms with Crippen molar-refractivity contribution < 1.29 is 17.6 Å². The van der Waals surface area contributed by atoms with Crippen LogP contribution in [0.15, 0.2) is 77.7 Å². The van der Waals surface area contributed by atoms with E-state index in [0.717, 1.165) is 15.4 Å². The number of benzene rings is 3. The molecule has 0 aliphatic carbocycles. The van der Waals surface area contributed by atoms with Crippen LogP contribution in [0.1, 0.15) is 50.4 Å². The third-order valence-electron chi connectivity index (χ3n) is 5.67. The van der Waals surface area contributed by atoms with Gasteiger partial charge in [0.2, 0.25) is 5.91 Å². The molecular formula is C27H31FN2O3S. The number of nitrogens with zero attached hydrogens (tertiary/aromatic N) is 1. The maximum Gasteiger partial charge on any atom is 0.264 e. The molecule has 7 heteroatoms. The van der Waals surface area contributed by atoms with Crippen LogP contribution < -0.4 is 9.62 Å². The molecule has 1 amide bonds. The molecule has 3 aromatic carbocycles. The van der Waals surface area contributed by atoms with Gasteiger partial charge >= 0.3 is 0 Å². The first kappa shape index (κ1) is 25.4. The molecule has 5 nitrogen and oxygen atoms in total. The quantitative estimate of drug-likeness (QED) is 0.483. The lowest BCUT2D eigenvalue weighted by Crippen LogP contribution is -2.41. The number of hydrogen-bond acceptors (Lipinski definition) is 3. The van der Waals surface area contributed by atoms with E-state index in [-0.39, 0.29) is 22.0 Å². The van der Waals surface area contributed by atoms with Gasteiger partial charge in [0.1, 0.15) is 12.4 Å². The Morgan fingerprint density at radius 1 is 0.941 bits per heavy atom. The van der Waals surface area contributed by atoms with Crippen molar-refractivity contribution in [2.75, 3.05) is 10.8 Å². The van der Waals surface area contributed by atoms with E-state index < -0.39 is 28.3 Å². The monoisotopic (exact) mass is 482 g/mol. The van der Waals surface area contributed by atoms with Gasteiger partial charge in [0.05, 0.1) is 16.6 Å². The highest BCUT2D eigenvalue weighted by molar-refractivity contribution is 7.92. The van der Waals surface area contributed by atoms with Gasteiger partial charge in [-0.25, -0.2) is 12.8 Å². The molecule has 0 aliphatic rings. The minimum Gasteiger partial charge on any atom is -0.348 e. The average molecular weight is 483 g/mol. The molecule has 0 fully saturated rings. The van der Waals surface area contributed by atoms with Crippen molar-refractivity contribution in [1.82, 2.24) is 5.32 Å². The smallest absolute Gasteiger partial charge is 0.264 e. The number of sulfonamides is 1. The third kappa shape index (κ3) is 6.03. The van der Waals surface area contributed by atoms with Gasteiger partial charge in [0.15, 0.2) is 0 Å². The summed E-state index contributed by atoms with van der Waals surface area (Å²) in [5, 5.41) is 2.88. The Hall–Kier alpha value is -3.19. The highest BCUT2D eigenvalue weighted by Crippen LogP contribution is 2.26. The van der Waals surface area contributed by atoms with Gasteiger partial charge in [-0.2, -0.15) is 0 Å². The van der Waals surface area contributed by atoms with Crippen molar-refractivity contribution in [2.45, 2.75) is 51.0 Å². The maximum atomic E-state index is 13.5. The second kappa shape index (κ2) is 9.97. The summed E-state index contributed by atoms with van der Waals surface area (Å²) in [7, 11) is -4.05. The fourth-order valence-corrected chi connectivity index (χ4v) is 4.95.